The third-order valence-corrected chi connectivity index (χ3v) is 1.91. The molecule has 74 valence electrons. The fourth-order valence-corrected chi connectivity index (χ4v) is 1.19. The van der Waals surface area contributed by atoms with E-state index in [4.69, 9.17) is 0 Å². The first-order chi connectivity index (χ1) is 6.77. The molecule has 0 aliphatic carbocycles. The van der Waals surface area contributed by atoms with Crippen molar-refractivity contribution in [3.8, 4) is 0 Å². The van der Waals surface area contributed by atoms with Crippen molar-refractivity contribution < 1.29 is 9.59 Å². The van der Waals surface area contributed by atoms with E-state index < -0.39 is 0 Å². The Labute approximate surface area is 83.1 Å². The Hall–Kier alpha value is -1.64. The molecule has 0 radical (unpaired) electrons. The molecule has 0 saturated carbocycles. The lowest BCUT2D eigenvalue weighted by atomic mass is 10.1. The lowest BCUT2D eigenvalue weighted by Crippen LogP contribution is -1.99. The molecular weight excluding hydrogens is 178 g/mol. The highest BCUT2D eigenvalue weighted by Gasteiger charge is 2.03. The first kappa shape index (κ1) is 10.4. The van der Waals surface area contributed by atoms with Crippen molar-refractivity contribution in [3.63, 3.8) is 0 Å². The molecular formula is C11H13NO2. The first-order valence-corrected chi connectivity index (χ1v) is 4.61. The van der Waals surface area contributed by atoms with Gasteiger partial charge in [0, 0.05) is 17.7 Å². The van der Waals surface area contributed by atoms with Gasteiger partial charge in [0.2, 0.25) is 6.41 Å². The molecule has 0 saturated heterocycles. The van der Waals surface area contributed by atoms with Crippen LogP contribution >= 0.6 is 0 Å². The fourth-order valence-electron chi connectivity index (χ4n) is 1.19. The molecule has 1 rings (SSSR count). The van der Waals surface area contributed by atoms with E-state index in [1.165, 1.54) is 0 Å². The van der Waals surface area contributed by atoms with Crippen molar-refractivity contribution in [1.29, 1.82) is 0 Å². The third-order valence-electron chi connectivity index (χ3n) is 1.91. The predicted molar refractivity (Wildman–Crippen MR) is 55.4 cm³/mol. The molecule has 0 aliphatic heterocycles. The molecule has 14 heavy (non-hydrogen) atoms. The molecule has 3 nitrogen and oxygen atoms in total. The highest BCUT2D eigenvalue weighted by atomic mass is 16.1. The van der Waals surface area contributed by atoms with Gasteiger partial charge in [-0.05, 0) is 30.7 Å². The van der Waals surface area contributed by atoms with Gasteiger partial charge in [-0.25, -0.2) is 0 Å². The number of carbonyl (C=O) groups is 2. The summed E-state index contributed by atoms with van der Waals surface area (Å²) in [4.78, 5) is 21.5. The van der Waals surface area contributed by atoms with Crippen LogP contribution in [0.2, 0.25) is 0 Å². The van der Waals surface area contributed by atoms with E-state index in [1.807, 2.05) is 6.92 Å². The molecule has 0 aliphatic rings. The van der Waals surface area contributed by atoms with Gasteiger partial charge in [-0.15, -0.1) is 0 Å². The summed E-state index contributed by atoms with van der Waals surface area (Å²) in [6.07, 6.45) is 2.04. The average molecular weight is 191 g/mol. The van der Waals surface area contributed by atoms with Gasteiger partial charge in [0.15, 0.2) is 5.78 Å². The SMILES string of the molecule is CCCC(=O)c1ccc(NC=O)cc1. The Morgan fingerprint density at radius 2 is 2.00 bits per heavy atom. The van der Waals surface area contributed by atoms with Crippen LogP contribution in [0.25, 0.3) is 0 Å². The van der Waals surface area contributed by atoms with Gasteiger partial charge in [-0.2, -0.15) is 0 Å². The van der Waals surface area contributed by atoms with Crippen molar-refractivity contribution in [2.24, 2.45) is 0 Å². The molecule has 0 bridgehead atoms. The minimum absolute atomic E-state index is 0.144. The average Bonchev–Trinajstić information content (AvgIpc) is 2.20. The number of nitrogens with one attached hydrogen (secondary N) is 1. The van der Waals surface area contributed by atoms with E-state index in [9.17, 15) is 9.59 Å². The summed E-state index contributed by atoms with van der Waals surface area (Å²) in [5, 5.41) is 2.51. The molecule has 0 aromatic heterocycles. The Kier molecular flexibility index (Phi) is 3.85. The maximum atomic E-state index is 11.4. The van der Waals surface area contributed by atoms with Crippen LogP contribution in [0.4, 0.5) is 5.69 Å². The molecule has 0 fully saturated rings. The molecule has 0 unspecified atom stereocenters. The van der Waals surface area contributed by atoms with Crippen LogP contribution in [0.5, 0.6) is 0 Å². The second-order valence-corrected chi connectivity index (χ2v) is 3.01. The Balaban J connectivity index is 2.72. The highest BCUT2D eigenvalue weighted by molar-refractivity contribution is 5.96. The maximum absolute atomic E-state index is 11.4. The number of ketones is 1. The summed E-state index contributed by atoms with van der Waals surface area (Å²) in [6.45, 7) is 1.97. The number of carbonyl (C=O) groups excluding carboxylic acids is 2. The van der Waals surface area contributed by atoms with E-state index in [1.54, 1.807) is 24.3 Å². The maximum Gasteiger partial charge on any atom is 0.211 e. The van der Waals surface area contributed by atoms with Crippen LogP contribution in [-0.4, -0.2) is 12.2 Å². The third kappa shape index (κ3) is 2.69. The minimum atomic E-state index is 0.144. The smallest absolute Gasteiger partial charge is 0.211 e. The molecule has 0 heterocycles. The fraction of sp³-hybridized carbons (Fsp3) is 0.273. The largest absolute Gasteiger partial charge is 0.329 e. The van der Waals surface area contributed by atoms with Crippen molar-refractivity contribution in [3.05, 3.63) is 29.8 Å². The van der Waals surface area contributed by atoms with Crippen molar-refractivity contribution in [1.82, 2.24) is 0 Å². The molecule has 1 aromatic rings. The molecule has 1 amide bonds. The zero-order valence-corrected chi connectivity index (χ0v) is 8.12. The normalized spacial score (nSPS) is 9.50. The van der Waals surface area contributed by atoms with Crippen LogP contribution in [0.15, 0.2) is 24.3 Å². The zero-order valence-electron chi connectivity index (χ0n) is 8.12. The van der Waals surface area contributed by atoms with Gasteiger partial charge in [0.1, 0.15) is 0 Å². The standard InChI is InChI=1S/C11H13NO2/c1-2-3-11(14)9-4-6-10(7-5-9)12-8-13/h4-8H,2-3H2,1H3,(H,12,13). The van der Waals surface area contributed by atoms with Gasteiger partial charge in [0.05, 0.1) is 0 Å². The van der Waals surface area contributed by atoms with Crippen LogP contribution in [0.3, 0.4) is 0 Å². The van der Waals surface area contributed by atoms with E-state index in [-0.39, 0.29) is 5.78 Å². The van der Waals surface area contributed by atoms with Crippen molar-refractivity contribution >= 4 is 17.9 Å². The van der Waals surface area contributed by atoms with Crippen LogP contribution in [0, 0.1) is 0 Å². The van der Waals surface area contributed by atoms with Crippen molar-refractivity contribution in [2.45, 2.75) is 19.8 Å². The Bertz CT molecular complexity index is 317. The minimum Gasteiger partial charge on any atom is -0.329 e. The summed E-state index contributed by atoms with van der Waals surface area (Å²) < 4.78 is 0. The monoisotopic (exact) mass is 191 g/mol. The summed E-state index contributed by atoms with van der Waals surface area (Å²) in [7, 11) is 0. The van der Waals surface area contributed by atoms with Gasteiger partial charge < -0.3 is 5.32 Å². The van der Waals surface area contributed by atoms with Crippen LogP contribution in [-0.2, 0) is 4.79 Å². The van der Waals surface area contributed by atoms with Gasteiger partial charge >= 0.3 is 0 Å². The van der Waals surface area contributed by atoms with Crippen LogP contribution in [0.1, 0.15) is 30.1 Å². The lowest BCUT2D eigenvalue weighted by Gasteiger charge is -2.01. The second kappa shape index (κ2) is 5.17. The number of Topliss-reactive ketones (excluding diaryl/α,β-unsaturated/α-hetero) is 1. The second-order valence-electron chi connectivity index (χ2n) is 3.01. The summed E-state index contributed by atoms with van der Waals surface area (Å²) in [6, 6.07) is 6.89. The van der Waals surface area contributed by atoms with Gasteiger partial charge in [0.25, 0.3) is 0 Å². The summed E-state index contributed by atoms with van der Waals surface area (Å²) in [5.41, 5.74) is 1.40. The van der Waals surface area contributed by atoms with Crippen molar-refractivity contribution in [2.75, 3.05) is 5.32 Å². The number of rotatable bonds is 5. The first-order valence-electron chi connectivity index (χ1n) is 4.61. The summed E-state index contributed by atoms with van der Waals surface area (Å²) in [5.74, 6) is 0.144. The number of benzene rings is 1. The molecule has 0 spiro atoms. The van der Waals surface area contributed by atoms with Crippen LogP contribution < -0.4 is 5.32 Å². The molecule has 3 heteroatoms. The number of hydrogen-bond donors (Lipinski definition) is 1. The molecule has 1 N–H and O–H groups in total. The predicted octanol–water partition coefficient (Wildman–Crippen LogP) is 2.24. The zero-order chi connectivity index (χ0) is 10.4. The molecule has 0 atom stereocenters. The number of hydrogen-bond acceptors (Lipinski definition) is 2. The topological polar surface area (TPSA) is 46.2 Å². The van der Waals surface area contributed by atoms with Gasteiger partial charge in [-0.1, -0.05) is 6.92 Å². The van der Waals surface area contributed by atoms with Gasteiger partial charge in [-0.3, -0.25) is 9.59 Å². The van der Waals surface area contributed by atoms with E-state index in [0.717, 1.165) is 6.42 Å². The highest BCUT2D eigenvalue weighted by Crippen LogP contribution is 2.10. The molecule has 1 aromatic carbocycles. The Morgan fingerprint density at radius 3 is 2.50 bits per heavy atom. The van der Waals surface area contributed by atoms with E-state index in [2.05, 4.69) is 5.32 Å². The van der Waals surface area contributed by atoms with E-state index in [0.29, 0.717) is 24.1 Å². The van der Waals surface area contributed by atoms with E-state index >= 15 is 0 Å². The number of anilines is 1. The lowest BCUT2D eigenvalue weighted by molar-refractivity contribution is -0.105. The number of amides is 1. The Morgan fingerprint density at radius 1 is 1.36 bits per heavy atom. The summed E-state index contributed by atoms with van der Waals surface area (Å²) >= 11 is 0. The quantitative estimate of drug-likeness (QED) is 0.573.